The number of carbonyl (C=O) groups excluding carboxylic acids is 2. The summed E-state index contributed by atoms with van der Waals surface area (Å²) in [5, 5.41) is 10.3. The lowest BCUT2D eigenvalue weighted by atomic mass is 9.67. The van der Waals surface area contributed by atoms with E-state index >= 15 is 0 Å². The molecule has 0 saturated carbocycles. The first-order valence-electron chi connectivity index (χ1n) is 7.83. The fourth-order valence-electron chi connectivity index (χ4n) is 4.52. The molecule has 0 radical (unpaired) electrons. The molecule has 1 N–H and O–H groups in total. The summed E-state index contributed by atoms with van der Waals surface area (Å²) in [5.74, 6) is -1.82. The molecule has 4 rings (SSSR count). The van der Waals surface area contributed by atoms with E-state index in [1.54, 1.807) is 26.8 Å². The van der Waals surface area contributed by atoms with E-state index in [2.05, 4.69) is 9.83 Å². The van der Waals surface area contributed by atoms with Crippen LogP contribution in [0.1, 0.15) is 25.8 Å². The van der Waals surface area contributed by atoms with Crippen molar-refractivity contribution in [3.05, 3.63) is 29.2 Å². The van der Waals surface area contributed by atoms with Gasteiger partial charge in [0, 0.05) is 12.6 Å². The maximum atomic E-state index is 13.0. The van der Waals surface area contributed by atoms with Crippen molar-refractivity contribution in [3.8, 4) is 0 Å². The number of aliphatic hydroxyl groups is 1. The van der Waals surface area contributed by atoms with Gasteiger partial charge in [-0.15, -0.1) is 0 Å². The van der Waals surface area contributed by atoms with Crippen LogP contribution < -0.4 is 4.90 Å². The highest BCUT2D eigenvalue weighted by atomic mass is 16.6. The largest absolute Gasteiger partial charge is 0.390 e. The highest BCUT2D eigenvalue weighted by Crippen LogP contribution is 2.60. The number of anilines is 1. The molecule has 3 fully saturated rings. The Hall–Kier alpha value is -2.30. The standard InChI is InChI=1S/C17H17N3O4/c1-8-5-11(19-7-9(8)18-4)20-14(22)12-13(15(20)23)17(3)10(21)6-16(12,2)24-17/h5,7,10,12-13,21H,6H2,1-3H3/t10-,12+,13-,16?,17?/m0/s1. The van der Waals surface area contributed by atoms with Crippen LogP contribution in [-0.2, 0) is 14.3 Å². The normalized spacial score (nSPS) is 40.1. The summed E-state index contributed by atoms with van der Waals surface area (Å²) in [5.41, 5.74) is -0.849. The summed E-state index contributed by atoms with van der Waals surface area (Å²) < 4.78 is 5.93. The maximum absolute atomic E-state index is 13.0. The van der Waals surface area contributed by atoms with Gasteiger partial charge in [0.05, 0.1) is 30.1 Å². The van der Waals surface area contributed by atoms with Crippen LogP contribution in [0.5, 0.6) is 0 Å². The maximum Gasteiger partial charge on any atom is 0.242 e. The highest BCUT2D eigenvalue weighted by Gasteiger charge is 2.75. The average molecular weight is 327 g/mol. The van der Waals surface area contributed by atoms with Gasteiger partial charge in [-0.1, -0.05) is 0 Å². The van der Waals surface area contributed by atoms with Crippen molar-refractivity contribution in [3.63, 3.8) is 0 Å². The van der Waals surface area contributed by atoms with Crippen molar-refractivity contribution in [2.24, 2.45) is 11.8 Å². The predicted molar refractivity (Wildman–Crippen MR) is 83.2 cm³/mol. The number of pyridine rings is 1. The summed E-state index contributed by atoms with van der Waals surface area (Å²) in [6, 6.07) is 1.58. The zero-order valence-electron chi connectivity index (χ0n) is 13.6. The SMILES string of the molecule is [C-]#[N+]c1cnc(N2C(=O)[C@@H]3[C@H](C2=O)C2(C)C[C@H](O)C3(C)O2)cc1C. The van der Waals surface area contributed by atoms with Crippen molar-refractivity contribution < 1.29 is 19.4 Å². The molecular weight excluding hydrogens is 310 g/mol. The number of fused-ring (bicyclic) bond motifs is 5. The Balaban J connectivity index is 1.79. The van der Waals surface area contributed by atoms with Gasteiger partial charge in [0.2, 0.25) is 17.5 Å². The summed E-state index contributed by atoms with van der Waals surface area (Å²) in [7, 11) is 0. The molecule has 3 saturated heterocycles. The molecule has 4 heterocycles. The Morgan fingerprint density at radius 3 is 2.67 bits per heavy atom. The van der Waals surface area contributed by atoms with Gasteiger partial charge < -0.3 is 9.84 Å². The Labute approximate surface area is 139 Å². The Kier molecular flexibility index (Phi) is 2.80. The Morgan fingerprint density at radius 1 is 1.38 bits per heavy atom. The number of nitrogens with zero attached hydrogens (tertiary/aromatic N) is 3. The number of hydrogen-bond donors (Lipinski definition) is 1. The van der Waals surface area contributed by atoms with Gasteiger partial charge in [-0.2, -0.15) is 0 Å². The fraction of sp³-hybridized carbons (Fsp3) is 0.529. The van der Waals surface area contributed by atoms with Gasteiger partial charge in [0.15, 0.2) is 0 Å². The van der Waals surface area contributed by atoms with E-state index in [1.165, 1.54) is 6.20 Å². The van der Waals surface area contributed by atoms with Crippen LogP contribution in [-0.4, -0.2) is 39.2 Å². The van der Waals surface area contributed by atoms with Crippen LogP contribution in [0.2, 0.25) is 0 Å². The first-order chi connectivity index (χ1) is 11.2. The molecule has 2 amide bonds. The number of imide groups is 1. The molecule has 1 aromatic heterocycles. The zero-order valence-corrected chi connectivity index (χ0v) is 13.6. The van der Waals surface area contributed by atoms with Gasteiger partial charge in [-0.05, 0) is 32.4 Å². The molecule has 3 aliphatic heterocycles. The zero-order chi connectivity index (χ0) is 17.4. The Bertz CT molecular complexity index is 832. The van der Waals surface area contributed by atoms with Gasteiger partial charge in [-0.3, -0.25) is 14.6 Å². The van der Waals surface area contributed by atoms with E-state index in [9.17, 15) is 14.7 Å². The van der Waals surface area contributed by atoms with Crippen molar-refractivity contribution in [1.82, 2.24) is 4.98 Å². The van der Waals surface area contributed by atoms with Gasteiger partial charge >= 0.3 is 0 Å². The first kappa shape index (κ1) is 15.2. The molecule has 1 aromatic rings. The van der Waals surface area contributed by atoms with E-state index in [1.807, 2.05) is 0 Å². The smallest absolute Gasteiger partial charge is 0.242 e. The van der Waals surface area contributed by atoms with Crippen molar-refractivity contribution in [2.45, 2.75) is 44.5 Å². The summed E-state index contributed by atoms with van der Waals surface area (Å²) in [6.45, 7) is 12.3. The van der Waals surface area contributed by atoms with E-state index < -0.39 is 35.0 Å². The van der Waals surface area contributed by atoms with Gasteiger partial charge in [0.1, 0.15) is 11.4 Å². The highest BCUT2D eigenvalue weighted by molar-refractivity contribution is 6.23. The topological polar surface area (TPSA) is 84.1 Å². The molecule has 0 spiro atoms. The van der Waals surface area contributed by atoms with E-state index in [0.29, 0.717) is 17.7 Å². The molecule has 0 aliphatic carbocycles. The second-order valence-corrected chi connectivity index (χ2v) is 7.23. The third kappa shape index (κ3) is 1.60. The molecule has 3 aliphatic rings. The Morgan fingerprint density at radius 2 is 2.04 bits per heavy atom. The van der Waals surface area contributed by atoms with Crippen molar-refractivity contribution in [2.75, 3.05) is 4.90 Å². The van der Waals surface area contributed by atoms with Crippen LogP contribution in [0.25, 0.3) is 4.85 Å². The third-order valence-corrected chi connectivity index (χ3v) is 5.71. The number of ether oxygens (including phenoxy) is 1. The number of aliphatic hydroxyl groups excluding tert-OH is 1. The average Bonchev–Trinajstić information content (AvgIpc) is 3.01. The van der Waals surface area contributed by atoms with Gasteiger partial charge in [-0.25, -0.2) is 9.74 Å². The minimum Gasteiger partial charge on any atom is -0.390 e. The first-order valence-corrected chi connectivity index (χ1v) is 7.83. The van der Waals surface area contributed by atoms with Crippen LogP contribution >= 0.6 is 0 Å². The predicted octanol–water partition coefficient (Wildman–Crippen LogP) is 1.36. The van der Waals surface area contributed by atoms with Crippen LogP contribution in [0.4, 0.5) is 11.5 Å². The second kappa shape index (κ2) is 4.41. The molecule has 7 nitrogen and oxygen atoms in total. The van der Waals surface area contributed by atoms with E-state index in [-0.39, 0.29) is 11.7 Å². The minimum atomic E-state index is -1.05. The van der Waals surface area contributed by atoms with Gasteiger partial charge in [0.25, 0.3) is 0 Å². The van der Waals surface area contributed by atoms with Crippen LogP contribution in [0, 0.1) is 25.3 Å². The summed E-state index contributed by atoms with van der Waals surface area (Å²) in [4.78, 5) is 34.5. The molecule has 7 heteroatoms. The quantitative estimate of drug-likeness (QED) is 0.622. The number of rotatable bonds is 1. The van der Waals surface area contributed by atoms with Crippen LogP contribution in [0.3, 0.4) is 0 Å². The lowest BCUT2D eigenvalue weighted by molar-refractivity contribution is -0.132. The number of carbonyl (C=O) groups is 2. The number of amides is 2. The summed E-state index contributed by atoms with van der Waals surface area (Å²) in [6.07, 6.45) is 0.927. The minimum absolute atomic E-state index is 0.227. The summed E-state index contributed by atoms with van der Waals surface area (Å²) >= 11 is 0. The molecule has 5 atom stereocenters. The van der Waals surface area contributed by atoms with Crippen LogP contribution in [0.15, 0.2) is 12.3 Å². The lowest BCUT2D eigenvalue weighted by Crippen LogP contribution is -2.49. The lowest BCUT2D eigenvalue weighted by Gasteiger charge is -2.31. The van der Waals surface area contributed by atoms with E-state index in [4.69, 9.17) is 11.3 Å². The van der Waals surface area contributed by atoms with Crippen molar-refractivity contribution in [1.29, 1.82) is 0 Å². The number of aryl methyl sites for hydroxylation is 1. The number of hydrogen-bond acceptors (Lipinski definition) is 5. The fourth-order valence-corrected chi connectivity index (χ4v) is 4.52. The molecule has 2 bridgehead atoms. The number of aromatic nitrogens is 1. The molecule has 124 valence electrons. The molecule has 2 unspecified atom stereocenters. The third-order valence-electron chi connectivity index (χ3n) is 5.71. The molecule has 24 heavy (non-hydrogen) atoms. The second-order valence-electron chi connectivity index (χ2n) is 7.23. The molecule has 0 aromatic carbocycles. The van der Waals surface area contributed by atoms with E-state index in [0.717, 1.165) is 4.90 Å². The molecular formula is C17H17N3O4. The monoisotopic (exact) mass is 327 g/mol. The van der Waals surface area contributed by atoms with Crippen molar-refractivity contribution >= 4 is 23.3 Å².